The van der Waals surface area contributed by atoms with Crippen molar-refractivity contribution in [3.05, 3.63) is 78.6 Å². The highest BCUT2D eigenvalue weighted by Crippen LogP contribution is 2.40. The van der Waals surface area contributed by atoms with E-state index in [1.807, 2.05) is 21.1 Å². The van der Waals surface area contributed by atoms with Crippen LogP contribution in [-0.4, -0.2) is 64.5 Å². The monoisotopic (exact) mass is 463 g/mol. The number of pyridine rings is 1. The van der Waals surface area contributed by atoms with Gasteiger partial charge in [0.05, 0.1) is 59.7 Å². The smallest absolute Gasteiger partial charge is 0.325 e. The van der Waals surface area contributed by atoms with Gasteiger partial charge in [-0.2, -0.15) is 0 Å². The number of benzene rings is 1. The van der Waals surface area contributed by atoms with Crippen LogP contribution in [0.3, 0.4) is 0 Å². The topological polar surface area (TPSA) is 192 Å². The van der Waals surface area contributed by atoms with Crippen LogP contribution in [0.5, 0.6) is 5.75 Å². The molecule has 1 aromatic carbocycles. The second kappa shape index (κ2) is 11.8. The third-order valence-corrected chi connectivity index (χ3v) is 3.73. The predicted octanol–water partition coefficient (Wildman–Crippen LogP) is 1.34. The Hall–Kier alpha value is -4.46. The number of quaternary nitrogens is 1. The zero-order valence-corrected chi connectivity index (χ0v) is 17.9. The van der Waals surface area contributed by atoms with Crippen molar-refractivity contribution in [2.45, 2.75) is 0 Å². The van der Waals surface area contributed by atoms with Gasteiger partial charge in [0.1, 0.15) is 13.2 Å². The van der Waals surface area contributed by atoms with E-state index in [4.69, 9.17) is 4.74 Å². The molecule has 0 fully saturated rings. The summed E-state index contributed by atoms with van der Waals surface area (Å²) in [5.74, 6) is -1.79. The SMILES string of the molecule is C[N+](C)(C)CCOc1c([N+](=O)[O-])cc([N+](=O)[O-])cc1[N+](=O)[O-].O=C([O-])/C=C\c1ccccn1. The summed E-state index contributed by atoms with van der Waals surface area (Å²) in [4.78, 5) is 43.7. The van der Waals surface area contributed by atoms with E-state index >= 15 is 0 Å². The lowest BCUT2D eigenvalue weighted by atomic mass is 10.2. The van der Waals surface area contributed by atoms with Crippen LogP contribution < -0.4 is 9.84 Å². The quantitative estimate of drug-likeness (QED) is 0.227. The number of nitro benzene ring substituents is 3. The fourth-order valence-electron chi connectivity index (χ4n) is 2.16. The Bertz CT molecular complexity index is 1010. The van der Waals surface area contributed by atoms with Crippen LogP contribution in [0.25, 0.3) is 6.08 Å². The molecule has 0 amide bonds. The summed E-state index contributed by atoms with van der Waals surface area (Å²) in [6.45, 7) is 0.425. The van der Waals surface area contributed by atoms with Crippen LogP contribution in [-0.2, 0) is 4.79 Å². The Morgan fingerprint density at radius 1 is 1.03 bits per heavy atom. The van der Waals surface area contributed by atoms with E-state index < -0.39 is 43.6 Å². The number of hydrogen-bond acceptors (Lipinski definition) is 10. The van der Waals surface area contributed by atoms with Gasteiger partial charge in [0.15, 0.2) is 0 Å². The number of aliphatic carboxylic acids is 1. The Kier molecular flexibility index (Phi) is 9.51. The highest BCUT2D eigenvalue weighted by molar-refractivity contribution is 5.83. The third-order valence-electron chi connectivity index (χ3n) is 3.73. The van der Waals surface area contributed by atoms with Gasteiger partial charge in [0.2, 0.25) is 0 Å². The van der Waals surface area contributed by atoms with Gasteiger partial charge in [0.25, 0.3) is 11.4 Å². The van der Waals surface area contributed by atoms with Crippen LogP contribution in [0.2, 0.25) is 0 Å². The average Bonchev–Trinajstić information content (AvgIpc) is 2.72. The molecule has 0 N–H and O–H groups in total. The van der Waals surface area contributed by atoms with Gasteiger partial charge in [-0.25, -0.2) is 0 Å². The lowest BCUT2D eigenvalue weighted by molar-refractivity contribution is -0.870. The van der Waals surface area contributed by atoms with Crippen molar-refractivity contribution < 1.29 is 33.9 Å². The summed E-state index contributed by atoms with van der Waals surface area (Å²) < 4.78 is 5.66. The van der Waals surface area contributed by atoms with Gasteiger partial charge in [0, 0.05) is 6.20 Å². The fourth-order valence-corrected chi connectivity index (χ4v) is 2.16. The predicted molar refractivity (Wildman–Crippen MR) is 113 cm³/mol. The highest BCUT2D eigenvalue weighted by atomic mass is 16.6. The Labute approximate surface area is 187 Å². The molecule has 0 saturated carbocycles. The Balaban J connectivity index is 0.000000412. The van der Waals surface area contributed by atoms with Gasteiger partial charge in [-0.15, -0.1) is 0 Å². The van der Waals surface area contributed by atoms with Crippen molar-refractivity contribution in [1.29, 1.82) is 0 Å². The number of carboxylic acids is 1. The molecular formula is C19H21N5O9. The van der Waals surface area contributed by atoms with Crippen molar-refractivity contribution in [1.82, 2.24) is 4.98 Å². The maximum absolute atomic E-state index is 11.0. The molecule has 0 atom stereocenters. The molecule has 14 nitrogen and oxygen atoms in total. The maximum Gasteiger partial charge on any atom is 0.325 e. The molecule has 0 aliphatic heterocycles. The number of likely N-dealkylation sites (N-methyl/N-ethyl adjacent to an activating group) is 1. The zero-order valence-electron chi connectivity index (χ0n) is 17.9. The number of rotatable bonds is 9. The average molecular weight is 463 g/mol. The largest absolute Gasteiger partial charge is 0.545 e. The summed E-state index contributed by atoms with van der Waals surface area (Å²) in [6, 6.07) is 6.54. The first-order chi connectivity index (χ1) is 15.3. The van der Waals surface area contributed by atoms with Gasteiger partial charge in [-0.3, -0.25) is 35.3 Å². The number of nitro groups is 3. The molecule has 1 heterocycles. The second-order valence-electron chi connectivity index (χ2n) is 7.35. The molecule has 33 heavy (non-hydrogen) atoms. The molecule has 176 valence electrons. The first kappa shape index (κ1) is 26.6. The van der Waals surface area contributed by atoms with Crippen molar-refractivity contribution >= 4 is 29.1 Å². The molecule has 0 radical (unpaired) electrons. The summed E-state index contributed by atoms with van der Waals surface area (Å²) in [6.07, 6.45) is 3.92. The molecule has 2 aromatic rings. The molecular weight excluding hydrogens is 442 g/mol. The summed E-state index contributed by atoms with van der Waals surface area (Å²) in [7, 11) is 5.55. The summed E-state index contributed by atoms with van der Waals surface area (Å²) in [5, 5.41) is 42.7. The number of nitrogens with zero attached hydrogens (tertiary/aromatic N) is 5. The number of aromatic nitrogens is 1. The minimum absolute atomic E-state index is 0.0109. The number of carbonyl (C=O) groups is 1. The molecule has 0 aliphatic rings. The van der Waals surface area contributed by atoms with E-state index in [1.54, 1.807) is 24.4 Å². The van der Waals surface area contributed by atoms with E-state index in [-0.39, 0.29) is 6.61 Å². The van der Waals surface area contributed by atoms with Crippen LogP contribution in [0.1, 0.15) is 5.69 Å². The van der Waals surface area contributed by atoms with Crippen LogP contribution >= 0.6 is 0 Å². The first-order valence-corrected chi connectivity index (χ1v) is 9.16. The number of carbonyl (C=O) groups excluding carboxylic acids is 1. The van der Waals surface area contributed by atoms with Gasteiger partial charge in [-0.05, 0) is 24.3 Å². The number of ether oxygens (including phenoxy) is 1. The van der Waals surface area contributed by atoms with Gasteiger partial charge >= 0.3 is 11.4 Å². The highest BCUT2D eigenvalue weighted by Gasteiger charge is 2.32. The zero-order chi connectivity index (χ0) is 25.2. The maximum atomic E-state index is 11.0. The van der Waals surface area contributed by atoms with Crippen molar-refractivity contribution in [2.75, 3.05) is 34.3 Å². The van der Waals surface area contributed by atoms with E-state index in [1.165, 1.54) is 6.08 Å². The van der Waals surface area contributed by atoms with E-state index in [0.29, 0.717) is 28.9 Å². The van der Waals surface area contributed by atoms with Gasteiger partial charge < -0.3 is 19.1 Å². The van der Waals surface area contributed by atoms with E-state index in [0.717, 1.165) is 6.08 Å². The van der Waals surface area contributed by atoms with Crippen molar-refractivity contribution in [3.63, 3.8) is 0 Å². The van der Waals surface area contributed by atoms with Crippen LogP contribution in [0, 0.1) is 30.3 Å². The van der Waals surface area contributed by atoms with Crippen molar-refractivity contribution in [2.24, 2.45) is 0 Å². The first-order valence-electron chi connectivity index (χ1n) is 9.16. The summed E-state index contributed by atoms with van der Waals surface area (Å²) in [5.41, 5.74) is -1.74. The fraction of sp³-hybridized carbons (Fsp3) is 0.263. The molecule has 1 aromatic heterocycles. The molecule has 0 spiro atoms. The number of carboxylic acid groups (broad SMARTS) is 1. The summed E-state index contributed by atoms with van der Waals surface area (Å²) >= 11 is 0. The lowest BCUT2D eigenvalue weighted by Gasteiger charge is -2.23. The molecule has 2 rings (SSSR count). The minimum atomic E-state index is -1.21. The molecule has 14 heteroatoms. The molecule has 0 bridgehead atoms. The molecule has 0 aliphatic carbocycles. The van der Waals surface area contributed by atoms with Crippen molar-refractivity contribution in [3.8, 4) is 5.75 Å². The normalized spacial score (nSPS) is 10.8. The Morgan fingerprint density at radius 3 is 2.00 bits per heavy atom. The number of hydrogen-bond donors (Lipinski definition) is 0. The van der Waals surface area contributed by atoms with Crippen LogP contribution in [0.4, 0.5) is 17.1 Å². The minimum Gasteiger partial charge on any atom is -0.545 e. The lowest BCUT2D eigenvalue weighted by Crippen LogP contribution is -2.38. The Morgan fingerprint density at radius 2 is 1.61 bits per heavy atom. The molecule has 0 saturated heterocycles. The number of non-ortho nitro benzene ring substituents is 1. The van der Waals surface area contributed by atoms with Crippen LogP contribution in [0.15, 0.2) is 42.6 Å². The van der Waals surface area contributed by atoms with E-state index in [9.17, 15) is 40.2 Å². The standard InChI is InChI=1S/C11H15N4O7.C8H7NO2/c1-15(2,3)4-5-22-11-9(13(18)19)6-8(12(16)17)7-10(11)14(20)21;10-8(11)5-4-7-3-1-2-6-9-7/h6-7H,4-5H2,1-3H3;1-6H,(H,10,11)/q+1;/p-1/b;5-4-. The van der Waals surface area contributed by atoms with Gasteiger partial charge in [-0.1, -0.05) is 6.07 Å². The van der Waals surface area contributed by atoms with E-state index in [2.05, 4.69) is 4.98 Å². The third kappa shape index (κ3) is 9.48. The second-order valence-corrected chi connectivity index (χ2v) is 7.35. The molecule has 0 unspecified atom stereocenters.